The maximum atomic E-state index is 13.0. The van der Waals surface area contributed by atoms with Crippen LogP contribution in [0, 0.1) is 23.5 Å². The zero-order valence-electron chi connectivity index (χ0n) is 10.3. The third kappa shape index (κ3) is 3.03. The zero-order valence-corrected chi connectivity index (χ0v) is 10.3. The van der Waals surface area contributed by atoms with E-state index in [-0.39, 0.29) is 0 Å². The zero-order chi connectivity index (χ0) is 12.4. The molecule has 1 aliphatic rings. The molecule has 0 spiro atoms. The second-order valence-electron chi connectivity index (χ2n) is 5.30. The first kappa shape index (κ1) is 12.5. The van der Waals surface area contributed by atoms with E-state index < -0.39 is 11.6 Å². The topological polar surface area (TPSA) is 12.0 Å². The van der Waals surface area contributed by atoms with Gasteiger partial charge in [0.15, 0.2) is 11.6 Å². The Balaban J connectivity index is 1.78. The van der Waals surface area contributed by atoms with E-state index in [1.54, 1.807) is 6.07 Å². The molecule has 17 heavy (non-hydrogen) atoms. The smallest absolute Gasteiger partial charge is 0.159 e. The summed E-state index contributed by atoms with van der Waals surface area (Å²) in [6.07, 6.45) is 2.39. The average Bonchev–Trinajstić information content (AvgIpc) is 2.20. The minimum Gasteiger partial charge on any atom is -0.310 e. The van der Waals surface area contributed by atoms with Crippen LogP contribution in [0.3, 0.4) is 0 Å². The molecular formula is C14H19F2N. The summed E-state index contributed by atoms with van der Waals surface area (Å²) in [6, 6.07) is 4.62. The Morgan fingerprint density at radius 3 is 2.53 bits per heavy atom. The van der Waals surface area contributed by atoms with E-state index in [4.69, 9.17) is 0 Å². The van der Waals surface area contributed by atoms with Gasteiger partial charge in [-0.25, -0.2) is 8.78 Å². The van der Waals surface area contributed by atoms with E-state index in [9.17, 15) is 8.78 Å². The summed E-state index contributed by atoms with van der Waals surface area (Å²) in [5.74, 6) is 0.0176. The summed E-state index contributed by atoms with van der Waals surface area (Å²) in [6.45, 7) is 5.11. The van der Waals surface area contributed by atoms with Gasteiger partial charge in [0.1, 0.15) is 0 Å². The van der Waals surface area contributed by atoms with Crippen molar-refractivity contribution in [2.24, 2.45) is 11.8 Å². The largest absolute Gasteiger partial charge is 0.310 e. The van der Waals surface area contributed by atoms with E-state index in [0.29, 0.717) is 12.6 Å². The van der Waals surface area contributed by atoms with Crippen molar-refractivity contribution in [2.75, 3.05) is 0 Å². The number of halogens is 2. The number of nitrogens with one attached hydrogen (secondary N) is 1. The van der Waals surface area contributed by atoms with Crippen LogP contribution in [0.15, 0.2) is 18.2 Å². The van der Waals surface area contributed by atoms with Crippen LogP contribution >= 0.6 is 0 Å². The Labute approximate surface area is 101 Å². The van der Waals surface area contributed by atoms with Crippen LogP contribution in [0.1, 0.15) is 32.3 Å². The summed E-state index contributed by atoms with van der Waals surface area (Å²) >= 11 is 0. The molecule has 0 radical (unpaired) electrons. The fraction of sp³-hybridized carbons (Fsp3) is 0.571. The third-order valence-electron chi connectivity index (χ3n) is 3.70. The monoisotopic (exact) mass is 239 g/mol. The summed E-state index contributed by atoms with van der Waals surface area (Å²) in [4.78, 5) is 0. The number of rotatable bonds is 4. The van der Waals surface area contributed by atoms with Crippen LogP contribution in [-0.4, -0.2) is 6.04 Å². The van der Waals surface area contributed by atoms with E-state index >= 15 is 0 Å². The standard InChI is InChI=1S/C14H19F2N/c1-9(2)11-6-12(7-11)17-8-10-3-4-13(15)14(16)5-10/h3-5,9,11-12,17H,6-8H2,1-2H3. The number of hydrogen-bond acceptors (Lipinski definition) is 1. The Morgan fingerprint density at radius 2 is 1.94 bits per heavy atom. The van der Waals surface area contributed by atoms with Crippen LogP contribution in [-0.2, 0) is 6.54 Å². The molecule has 0 atom stereocenters. The van der Waals surface area contributed by atoms with Crippen molar-refractivity contribution in [1.29, 1.82) is 0 Å². The predicted molar refractivity (Wildman–Crippen MR) is 64.5 cm³/mol. The highest BCUT2D eigenvalue weighted by Crippen LogP contribution is 2.33. The molecule has 3 heteroatoms. The van der Waals surface area contributed by atoms with E-state index in [1.807, 2.05) is 0 Å². The van der Waals surface area contributed by atoms with Gasteiger partial charge in [-0.05, 0) is 42.4 Å². The molecule has 2 rings (SSSR count). The molecule has 0 saturated heterocycles. The third-order valence-corrected chi connectivity index (χ3v) is 3.70. The molecule has 1 aliphatic carbocycles. The van der Waals surface area contributed by atoms with Gasteiger partial charge < -0.3 is 5.32 Å². The van der Waals surface area contributed by atoms with Crippen molar-refractivity contribution in [2.45, 2.75) is 39.3 Å². The van der Waals surface area contributed by atoms with Gasteiger partial charge in [-0.15, -0.1) is 0 Å². The molecule has 94 valence electrons. The van der Waals surface area contributed by atoms with Gasteiger partial charge in [-0.3, -0.25) is 0 Å². The first-order valence-electron chi connectivity index (χ1n) is 6.23. The number of benzene rings is 1. The molecule has 1 N–H and O–H groups in total. The van der Waals surface area contributed by atoms with E-state index in [2.05, 4.69) is 19.2 Å². The molecule has 0 heterocycles. The van der Waals surface area contributed by atoms with Gasteiger partial charge in [0.25, 0.3) is 0 Å². The van der Waals surface area contributed by atoms with Crippen LogP contribution in [0.5, 0.6) is 0 Å². The Hall–Kier alpha value is -0.960. The molecule has 0 aromatic heterocycles. The predicted octanol–water partition coefficient (Wildman–Crippen LogP) is 3.49. The summed E-state index contributed by atoms with van der Waals surface area (Å²) < 4.78 is 25.7. The van der Waals surface area contributed by atoms with Crippen molar-refractivity contribution < 1.29 is 8.78 Å². The minimum atomic E-state index is -0.780. The maximum Gasteiger partial charge on any atom is 0.159 e. The van der Waals surface area contributed by atoms with Crippen LogP contribution < -0.4 is 5.32 Å². The highest BCUT2D eigenvalue weighted by atomic mass is 19.2. The summed E-state index contributed by atoms with van der Waals surface area (Å²) in [7, 11) is 0. The van der Waals surface area contributed by atoms with Crippen LogP contribution in [0.2, 0.25) is 0 Å². The van der Waals surface area contributed by atoms with Crippen molar-refractivity contribution in [3.63, 3.8) is 0 Å². The van der Waals surface area contributed by atoms with Gasteiger partial charge in [0, 0.05) is 12.6 Å². The van der Waals surface area contributed by atoms with Crippen LogP contribution in [0.4, 0.5) is 8.78 Å². The van der Waals surface area contributed by atoms with Gasteiger partial charge in [-0.2, -0.15) is 0 Å². The molecule has 0 unspecified atom stereocenters. The molecular weight excluding hydrogens is 220 g/mol. The van der Waals surface area contributed by atoms with Gasteiger partial charge in [0.05, 0.1) is 0 Å². The minimum absolute atomic E-state index is 0.538. The fourth-order valence-corrected chi connectivity index (χ4v) is 2.28. The van der Waals surface area contributed by atoms with Crippen molar-refractivity contribution >= 4 is 0 Å². The molecule has 0 bridgehead atoms. The lowest BCUT2D eigenvalue weighted by Crippen LogP contribution is -2.42. The van der Waals surface area contributed by atoms with E-state index in [1.165, 1.54) is 25.0 Å². The van der Waals surface area contributed by atoms with Crippen molar-refractivity contribution in [1.82, 2.24) is 5.32 Å². The Bertz CT molecular complexity index is 384. The molecule has 1 saturated carbocycles. The quantitative estimate of drug-likeness (QED) is 0.848. The fourth-order valence-electron chi connectivity index (χ4n) is 2.28. The van der Waals surface area contributed by atoms with Crippen molar-refractivity contribution in [3.8, 4) is 0 Å². The molecule has 0 aliphatic heterocycles. The highest BCUT2D eigenvalue weighted by Gasteiger charge is 2.30. The van der Waals surface area contributed by atoms with Crippen molar-refractivity contribution in [3.05, 3.63) is 35.4 Å². The molecule has 0 amide bonds. The summed E-state index contributed by atoms with van der Waals surface area (Å²) in [5.41, 5.74) is 0.803. The highest BCUT2D eigenvalue weighted by molar-refractivity contribution is 5.17. The molecule has 1 nitrogen and oxygen atoms in total. The average molecular weight is 239 g/mol. The van der Waals surface area contributed by atoms with Gasteiger partial charge in [0.2, 0.25) is 0 Å². The Morgan fingerprint density at radius 1 is 1.24 bits per heavy atom. The Kier molecular flexibility index (Phi) is 3.77. The lowest BCUT2D eigenvalue weighted by atomic mass is 9.73. The first-order valence-corrected chi connectivity index (χ1v) is 6.23. The maximum absolute atomic E-state index is 13.0. The molecule has 1 aromatic rings. The van der Waals surface area contributed by atoms with Gasteiger partial charge >= 0.3 is 0 Å². The lowest BCUT2D eigenvalue weighted by molar-refractivity contribution is 0.167. The second kappa shape index (κ2) is 5.13. The summed E-state index contributed by atoms with van der Waals surface area (Å²) in [5, 5.41) is 3.38. The normalized spacial score (nSPS) is 23.8. The van der Waals surface area contributed by atoms with Gasteiger partial charge in [-0.1, -0.05) is 19.9 Å². The second-order valence-corrected chi connectivity index (χ2v) is 5.30. The molecule has 1 aromatic carbocycles. The molecule has 1 fully saturated rings. The lowest BCUT2D eigenvalue weighted by Gasteiger charge is -2.38. The first-order chi connectivity index (χ1) is 8.06. The number of hydrogen-bond donors (Lipinski definition) is 1. The SMILES string of the molecule is CC(C)C1CC(NCc2ccc(F)c(F)c2)C1. The van der Waals surface area contributed by atoms with E-state index in [0.717, 1.165) is 17.4 Å². The van der Waals surface area contributed by atoms with Crippen LogP contribution in [0.25, 0.3) is 0 Å².